The fourth-order valence-corrected chi connectivity index (χ4v) is 1.11. The van der Waals surface area contributed by atoms with Gasteiger partial charge in [0.2, 0.25) is 0 Å². The molecule has 3 N–H and O–H groups in total. The molecule has 7 nitrogen and oxygen atoms in total. The maximum atomic E-state index is 11.1. The van der Waals surface area contributed by atoms with Crippen LogP contribution in [-0.2, 0) is 6.54 Å². The molecule has 0 saturated carbocycles. The Kier molecular flexibility index (Phi) is 3.51. The summed E-state index contributed by atoms with van der Waals surface area (Å²) < 4.78 is 5.49. The highest BCUT2D eigenvalue weighted by Gasteiger charge is 2.03. The minimum atomic E-state index is -0.775. The molecule has 0 aliphatic carbocycles. The average Bonchev–Trinajstić information content (AvgIpc) is 2.49. The summed E-state index contributed by atoms with van der Waals surface area (Å²) in [7, 11) is 0. The second-order valence-electron chi connectivity index (χ2n) is 2.94. The molecular weight excluding hydrogens is 236 g/mol. The molecule has 0 amide bonds. The van der Waals surface area contributed by atoms with E-state index in [0.29, 0.717) is 11.4 Å². The van der Waals surface area contributed by atoms with Gasteiger partial charge in [0.25, 0.3) is 0 Å². The number of H-pyrrole nitrogens is 1. The number of rotatable bonds is 2. The first kappa shape index (κ1) is 12.1. The van der Waals surface area contributed by atoms with Gasteiger partial charge in [-0.05, 0) is 11.6 Å². The molecule has 16 heavy (non-hydrogen) atoms. The molecule has 2 aromatic heterocycles. The van der Waals surface area contributed by atoms with Crippen molar-refractivity contribution in [2.24, 2.45) is 0 Å². The zero-order valence-electron chi connectivity index (χ0n) is 8.04. The maximum absolute atomic E-state index is 11.1. The predicted octanol–water partition coefficient (Wildman–Crippen LogP) is -0.423. The highest BCUT2D eigenvalue weighted by atomic mass is 35.5. The van der Waals surface area contributed by atoms with Crippen LogP contribution in [0.25, 0.3) is 0 Å². The lowest BCUT2D eigenvalue weighted by molar-refractivity contribution is 0.258. The second kappa shape index (κ2) is 4.67. The maximum Gasteiger partial charge on any atom is 0.440 e. The summed E-state index contributed by atoms with van der Waals surface area (Å²) in [5.41, 5.74) is 5.53. The van der Waals surface area contributed by atoms with Gasteiger partial charge in [-0.3, -0.25) is 0 Å². The Labute approximate surface area is 95.3 Å². The number of hydrogen-bond acceptors (Lipinski definition) is 5. The Bertz CT molecular complexity index is 568. The molecule has 0 aromatic carbocycles. The van der Waals surface area contributed by atoms with Gasteiger partial charge in [0, 0.05) is 6.20 Å². The molecule has 2 aromatic rings. The van der Waals surface area contributed by atoms with E-state index in [2.05, 4.69) is 9.51 Å². The Morgan fingerprint density at radius 2 is 2.19 bits per heavy atom. The first-order chi connectivity index (χ1) is 7.15. The Hall–Kier alpha value is -2.02. The van der Waals surface area contributed by atoms with Crippen LogP contribution in [0.2, 0.25) is 0 Å². The van der Waals surface area contributed by atoms with Crippen LogP contribution < -0.4 is 17.2 Å². The Morgan fingerprint density at radius 1 is 1.44 bits per heavy atom. The van der Waals surface area contributed by atoms with Crippen molar-refractivity contribution in [1.29, 1.82) is 0 Å². The van der Waals surface area contributed by atoms with E-state index >= 15 is 0 Å². The van der Waals surface area contributed by atoms with Crippen molar-refractivity contribution >= 4 is 18.2 Å². The number of nitrogens with one attached hydrogen (secondary N) is 1. The van der Waals surface area contributed by atoms with Gasteiger partial charge in [-0.25, -0.2) is 19.6 Å². The number of nitrogen functional groups attached to an aromatic ring is 1. The summed E-state index contributed by atoms with van der Waals surface area (Å²) in [6.45, 7) is 0.144. The number of halogens is 1. The van der Waals surface area contributed by atoms with Gasteiger partial charge in [-0.2, -0.15) is 0 Å². The molecule has 8 heteroatoms. The SMILES string of the molecule is Cl.Nc1ccc(Cn2oc(=O)[nH]c2=O)cn1. The van der Waals surface area contributed by atoms with Crippen molar-refractivity contribution in [3.05, 3.63) is 44.9 Å². The molecule has 0 aliphatic rings. The molecule has 2 heterocycles. The molecule has 0 unspecified atom stereocenters. The summed E-state index contributed by atoms with van der Waals surface area (Å²) in [6.07, 6.45) is 1.51. The van der Waals surface area contributed by atoms with E-state index in [1.165, 1.54) is 6.20 Å². The van der Waals surface area contributed by atoms with E-state index in [-0.39, 0.29) is 19.0 Å². The molecular formula is C8H9ClN4O3. The largest absolute Gasteiger partial charge is 0.440 e. The highest BCUT2D eigenvalue weighted by Crippen LogP contribution is 2.01. The normalized spacial score (nSPS) is 9.75. The Morgan fingerprint density at radius 3 is 2.69 bits per heavy atom. The summed E-state index contributed by atoms with van der Waals surface area (Å²) >= 11 is 0. The average molecular weight is 245 g/mol. The molecule has 0 atom stereocenters. The molecule has 0 radical (unpaired) electrons. The van der Waals surface area contributed by atoms with Crippen LogP contribution in [0.5, 0.6) is 0 Å². The van der Waals surface area contributed by atoms with Gasteiger partial charge in [-0.15, -0.1) is 17.1 Å². The number of hydrogen-bond donors (Lipinski definition) is 2. The highest BCUT2D eigenvalue weighted by molar-refractivity contribution is 5.85. The summed E-state index contributed by atoms with van der Waals surface area (Å²) in [5, 5.41) is 0. The van der Waals surface area contributed by atoms with Gasteiger partial charge in [0.05, 0.1) is 6.54 Å². The van der Waals surface area contributed by atoms with E-state index in [1.54, 1.807) is 12.1 Å². The molecule has 0 fully saturated rings. The van der Waals surface area contributed by atoms with E-state index < -0.39 is 11.4 Å². The van der Waals surface area contributed by atoms with Crippen LogP contribution in [0.1, 0.15) is 5.56 Å². The summed E-state index contributed by atoms with van der Waals surface area (Å²) in [4.78, 5) is 27.6. The van der Waals surface area contributed by atoms with Crippen LogP contribution in [0.4, 0.5) is 5.82 Å². The Balaban J connectivity index is 0.00000128. The molecule has 0 aliphatic heterocycles. The minimum absolute atomic E-state index is 0. The van der Waals surface area contributed by atoms with Crippen LogP contribution in [0.3, 0.4) is 0 Å². The van der Waals surface area contributed by atoms with Crippen LogP contribution in [0, 0.1) is 0 Å². The number of nitrogens with two attached hydrogens (primary N) is 1. The van der Waals surface area contributed by atoms with Crippen LogP contribution in [-0.4, -0.2) is 14.7 Å². The van der Waals surface area contributed by atoms with Crippen molar-refractivity contribution < 1.29 is 4.52 Å². The van der Waals surface area contributed by atoms with Gasteiger partial charge < -0.3 is 10.3 Å². The first-order valence-corrected chi connectivity index (χ1v) is 4.16. The lowest BCUT2D eigenvalue weighted by atomic mass is 10.3. The third-order valence-corrected chi connectivity index (χ3v) is 1.80. The van der Waals surface area contributed by atoms with Crippen LogP contribution in [0.15, 0.2) is 32.4 Å². The van der Waals surface area contributed by atoms with Gasteiger partial charge in [-0.1, -0.05) is 6.07 Å². The van der Waals surface area contributed by atoms with Gasteiger partial charge in [0.1, 0.15) is 5.82 Å². The van der Waals surface area contributed by atoms with E-state index in [4.69, 9.17) is 5.73 Å². The summed E-state index contributed by atoms with van der Waals surface area (Å²) in [5.74, 6) is -0.384. The molecule has 0 saturated heterocycles. The molecule has 86 valence electrons. The third-order valence-electron chi connectivity index (χ3n) is 1.80. The van der Waals surface area contributed by atoms with Crippen molar-refractivity contribution in [2.75, 3.05) is 5.73 Å². The zero-order valence-corrected chi connectivity index (χ0v) is 8.86. The standard InChI is InChI=1S/C8H8N4O3.ClH/c9-6-2-1-5(3-10-6)4-12-7(13)11-8(14)15-12;/h1-3H,4H2,(H2,9,10)(H,11,13,14);1H. The number of pyridine rings is 1. The lowest BCUT2D eigenvalue weighted by Crippen LogP contribution is -2.17. The molecule has 0 bridgehead atoms. The number of aromatic nitrogens is 3. The molecule has 2 rings (SSSR count). The number of nitrogens with zero attached hydrogens (tertiary/aromatic N) is 2. The number of anilines is 1. The van der Waals surface area contributed by atoms with E-state index in [9.17, 15) is 9.59 Å². The number of aromatic amines is 1. The minimum Gasteiger partial charge on any atom is -0.384 e. The second-order valence-corrected chi connectivity index (χ2v) is 2.94. The van der Waals surface area contributed by atoms with Gasteiger partial charge >= 0.3 is 11.4 Å². The third kappa shape index (κ3) is 2.51. The lowest BCUT2D eigenvalue weighted by Gasteiger charge is -1.98. The smallest absolute Gasteiger partial charge is 0.384 e. The molecule has 0 spiro atoms. The van der Waals surface area contributed by atoms with Crippen molar-refractivity contribution in [3.8, 4) is 0 Å². The fourth-order valence-electron chi connectivity index (χ4n) is 1.11. The topological polar surface area (TPSA) is 107 Å². The summed E-state index contributed by atoms with van der Waals surface area (Å²) in [6, 6.07) is 3.30. The fraction of sp³-hybridized carbons (Fsp3) is 0.125. The monoisotopic (exact) mass is 244 g/mol. The zero-order chi connectivity index (χ0) is 10.8. The van der Waals surface area contributed by atoms with Crippen LogP contribution >= 0.6 is 12.4 Å². The van der Waals surface area contributed by atoms with Crippen molar-refractivity contribution in [1.82, 2.24) is 14.7 Å². The van der Waals surface area contributed by atoms with E-state index in [1.807, 2.05) is 4.98 Å². The van der Waals surface area contributed by atoms with Gasteiger partial charge in [0.15, 0.2) is 0 Å². The quantitative estimate of drug-likeness (QED) is 0.746. The van der Waals surface area contributed by atoms with Crippen molar-refractivity contribution in [2.45, 2.75) is 6.54 Å². The van der Waals surface area contributed by atoms with E-state index in [0.717, 1.165) is 4.74 Å². The van der Waals surface area contributed by atoms with Crippen molar-refractivity contribution in [3.63, 3.8) is 0 Å². The first-order valence-electron chi connectivity index (χ1n) is 4.16. The predicted molar refractivity (Wildman–Crippen MR) is 58.6 cm³/mol.